The summed E-state index contributed by atoms with van der Waals surface area (Å²) in [4.78, 5) is 12.3. The summed E-state index contributed by atoms with van der Waals surface area (Å²) < 4.78 is 10.7. The second kappa shape index (κ2) is 5.08. The molecule has 0 saturated heterocycles. The third kappa shape index (κ3) is 2.30. The lowest BCUT2D eigenvalue weighted by Crippen LogP contribution is -2.03. The molecule has 2 aromatic rings. The number of hydrogen-bond acceptors (Lipinski definition) is 3. The maximum Gasteiger partial charge on any atom is 0.231 e. The van der Waals surface area contributed by atoms with Crippen LogP contribution in [0.1, 0.15) is 34.4 Å². The van der Waals surface area contributed by atoms with Gasteiger partial charge < -0.3 is 9.15 Å². The van der Waals surface area contributed by atoms with E-state index in [0.717, 1.165) is 17.7 Å². The number of hydrogen-bond donors (Lipinski definition) is 0. The third-order valence-corrected chi connectivity index (χ3v) is 2.83. The molecule has 0 fully saturated rings. The highest BCUT2D eigenvalue weighted by Crippen LogP contribution is 2.23. The van der Waals surface area contributed by atoms with Crippen LogP contribution in [0.4, 0.5) is 0 Å². The van der Waals surface area contributed by atoms with Crippen LogP contribution in [0.5, 0.6) is 5.75 Å². The van der Waals surface area contributed by atoms with Gasteiger partial charge in [0.05, 0.1) is 12.7 Å². The van der Waals surface area contributed by atoms with Crippen LogP contribution in [0.3, 0.4) is 0 Å². The molecule has 0 N–H and O–H groups in total. The van der Waals surface area contributed by atoms with Crippen molar-refractivity contribution in [1.82, 2.24) is 0 Å². The highest BCUT2D eigenvalue weighted by Gasteiger charge is 2.17. The van der Waals surface area contributed by atoms with Gasteiger partial charge in [0.2, 0.25) is 5.78 Å². The standard InChI is InChI=1S/C15H16O3/c1-4-11-6-8-14(18-11)15(16)12-9-10(2)5-7-13(12)17-3/h5-9H,4H2,1-3H3. The molecule has 18 heavy (non-hydrogen) atoms. The Kier molecular flexibility index (Phi) is 3.51. The van der Waals surface area contributed by atoms with Crippen LogP contribution in [-0.2, 0) is 6.42 Å². The molecule has 0 aliphatic rings. The number of carbonyl (C=O) groups is 1. The molecule has 0 atom stereocenters. The smallest absolute Gasteiger partial charge is 0.231 e. The van der Waals surface area contributed by atoms with Gasteiger partial charge in [0.25, 0.3) is 0 Å². The van der Waals surface area contributed by atoms with Gasteiger partial charge >= 0.3 is 0 Å². The second-order valence-corrected chi connectivity index (χ2v) is 4.15. The first kappa shape index (κ1) is 12.4. The SMILES string of the molecule is CCc1ccc(C(=O)c2cc(C)ccc2OC)o1. The quantitative estimate of drug-likeness (QED) is 0.774. The number of benzene rings is 1. The minimum absolute atomic E-state index is 0.143. The van der Waals surface area contributed by atoms with Crippen LogP contribution in [0.15, 0.2) is 34.7 Å². The fourth-order valence-electron chi connectivity index (χ4n) is 1.82. The predicted molar refractivity (Wildman–Crippen MR) is 69.2 cm³/mol. The first-order valence-electron chi connectivity index (χ1n) is 5.93. The van der Waals surface area contributed by atoms with E-state index in [-0.39, 0.29) is 5.78 Å². The van der Waals surface area contributed by atoms with Gasteiger partial charge in [0, 0.05) is 6.42 Å². The number of methoxy groups -OCH3 is 1. The topological polar surface area (TPSA) is 39.4 Å². The molecule has 1 aromatic heterocycles. The van der Waals surface area contributed by atoms with Crippen molar-refractivity contribution in [3.63, 3.8) is 0 Å². The second-order valence-electron chi connectivity index (χ2n) is 4.15. The van der Waals surface area contributed by atoms with Crippen LogP contribution in [0, 0.1) is 6.92 Å². The molecule has 0 unspecified atom stereocenters. The molecule has 3 heteroatoms. The number of ether oxygens (including phenoxy) is 1. The van der Waals surface area contributed by atoms with E-state index in [9.17, 15) is 4.79 Å². The normalized spacial score (nSPS) is 10.4. The molecular formula is C15H16O3. The highest BCUT2D eigenvalue weighted by molar-refractivity contribution is 6.09. The first-order chi connectivity index (χ1) is 8.65. The average Bonchev–Trinajstić information content (AvgIpc) is 2.86. The number of carbonyl (C=O) groups excluding carboxylic acids is 1. The molecule has 1 aromatic carbocycles. The lowest BCUT2D eigenvalue weighted by molar-refractivity contribution is 0.100. The van der Waals surface area contributed by atoms with Gasteiger partial charge in [-0.15, -0.1) is 0 Å². The molecule has 1 heterocycles. The van der Waals surface area contributed by atoms with E-state index in [1.807, 2.05) is 32.0 Å². The minimum atomic E-state index is -0.143. The molecule has 94 valence electrons. The Bertz CT molecular complexity index is 567. The Labute approximate surface area is 106 Å². The fraction of sp³-hybridized carbons (Fsp3) is 0.267. The molecule has 0 spiro atoms. The average molecular weight is 244 g/mol. The summed E-state index contributed by atoms with van der Waals surface area (Å²) in [6.07, 6.45) is 0.776. The monoisotopic (exact) mass is 244 g/mol. The van der Waals surface area contributed by atoms with Crippen LogP contribution in [-0.4, -0.2) is 12.9 Å². The van der Waals surface area contributed by atoms with Crippen molar-refractivity contribution in [2.24, 2.45) is 0 Å². The highest BCUT2D eigenvalue weighted by atomic mass is 16.5. The van der Waals surface area contributed by atoms with E-state index in [4.69, 9.17) is 9.15 Å². The van der Waals surface area contributed by atoms with Crippen molar-refractivity contribution in [3.8, 4) is 5.75 Å². The van der Waals surface area contributed by atoms with Crippen molar-refractivity contribution >= 4 is 5.78 Å². The van der Waals surface area contributed by atoms with Gasteiger partial charge in [-0.05, 0) is 31.2 Å². The van der Waals surface area contributed by atoms with Gasteiger partial charge in [0.1, 0.15) is 11.5 Å². The number of rotatable bonds is 4. The van der Waals surface area contributed by atoms with E-state index in [0.29, 0.717) is 17.1 Å². The molecular weight excluding hydrogens is 228 g/mol. The van der Waals surface area contributed by atoms with Crippen molar-refractivity contribution in [3.05, 3.63) is 53.0 Å². The molecule has 0 aliphatic heterocycles. The van der Waals surface area contributed by atoms with Gasteiger partial charge in [-0.2, -0.15) is 0 Å². The Hall–Kier alpha value is -2.03. The molecule has 0 aliphatic carbocycles. The summed E-state index contributed by atoms with van der Waals surface area (Å²) in [6.45, 7) is 3.93. The lowest BCUT2D eigenvalue weighted by atomic mass is 10.1. The van der Waals surface area contributed by atoms with Crippen molar-refractivity contribution in [2.45, 2.75) is 20.3 Å². The lowest BCUT2D eigenvalue weighted by Gasteiger charge is -2.07. The Morgan fingerprint density at radius 2 is 2.06 bits per heavy atom. The van der Waals surface area contributed by atoms with Crippen LogP contribution < -0.4 is 4.74 Å². The van der Waals surface area contributed by atoms with Gasteiger partial charge in [-0.25, -0.2) is 0 Å². The molecule has 2 rings (SSSR count). The number of ketones is 1. The maximum atomic E-state index is 12.3. The Morgan fingerprint density at radius 3 is 2.67 bits per heavy atom. The summed E-state index contributed by atoms with van der Waals surface area (Å²) in [5, 5.41) is 0. The zero-order valence-electron chi connectivity index (χ0n) is 10.8. The summed E-state index contributed by atoms with van der Waals surface area (Å²) in [5.74, 6) is 1.59. The summed E-state index contributed by atoms with van der Waals surface area (Å²) in [5.41, 5.74) is 1.55. The van der Waals surface area contributed by atoms with E-state index in [1.165, 1.54) is 0 Å². The fourth-order valence-corrected chi connectivity index (χ4v) is 1.82. The molecule has 0 bridgehead atoms. The van der Waals surface area contributed by atoms with Gasteiger partial charge in [-0.1, -0.05) is 18.6 Å². The van der Waals surface area contributed by atoms with Crippen LogP contribution in [0.2, 0.25) is 0 Å². The maximum absolute atomic E-state index is 12.3. The van der Waals surface area contributed by atoms with E-state index in [2.05, 4.69) is 0 Å². The minimum Gasteiger partial charge on any atom is -0.496 e. The van der Waals surface area contributed by atoms with Gasteiger partial charge in [0.15, 0.2) is 5.76 Å². The zero-order valence-corrected chi connectivity index (χ0v) is 10.8. The van der Waals surface area contributed by atoms with Crippen LogP contribution >= 0.6 is 0 Å². The molecule has 0 radical (unpaired) electrons. The number of furan rings is 1. The first-order valence-corrected chi connectivity index (χ1v) is 5.93. The van der Waals surface area contributed by atoms with Crippen molar-refractivity contribution in [2.75, 3.05) is 7.11 Å². The third-order valence-electron chi connectivity index (χ3n) is 2.83. The molecule has 3 nitrogen and oxygen atoms in total. The predicted octanol–water partition coefficient (Wildman–Crippen LogP) is 3.39. The largest absolute Gasteiger partial charge is 0.496 e. The van der Waals surface area contributed by atoms with Gasteiger partial charge in [-0.3, -0.25) is 4.79 Å². The molecule has 0 saturated carbocycles. The van der Waals surface area contributed by atoms with E-state index >= 15 is 0 Å². The summed E-state index contributed by atoms with van der Waals surface area (Å²) >= 11 is 0. The summed E-state index contributed by atoms with van der Waals surface area (Å²) in [6, 6.07) is 9.06. The van der Waals surface area contributed by atoms with E-state index in [1.54, 1.807) is 19.2 Å². The summed E-state index contributed by atoms with van der Waals surface area (Å²) in [7, 11) is 1.56. The number of aryl methyl sites for hydroxylation is 2. The van der Waals surface area contributed by atoms with Crippen molar-refractivity contribution < 1.29 is 13.9 Å². The van der Waals surface area contributed by atoms with E-state index < -0.39 is 0 Å². The Balaban J connectivity index is 2.41. The zero-order chi connectivity index (χ0) is 13.1. The molecule has 0 amide bonds. The Morgan fingerprint density at radius 1 is 1.28 bits per heavy atom. The van der Waals surface area contributed by atoms with Crippen molar-refractivity contribution in [1.29, 1.82) is 0 Å². The van der Waals surface area contributed by atoms with Crippen LogP contribution in [0.25, 0.3) is 0 Å².